The standard InChI is InChI=1S/C11H7N5S/c1-16-10-3-2-7(5-12)4-8(10)13-11(16)9-6-17-15-14-9/h2-4,6H,1H3. The van der Waals surface area contributed by atoms with Crippen LogP contribution in [0.3, 0.4) is 0 Å². The zero-order chi connectivity index (χ0) is 11.8. The van der Waals surface area contributed by atoms with Gasteiger partial charge in [0.2, 0.25) is 0 Å². The fraction of sp³-hybridized carbons (Fsp3) is 0.0909. The molecular formula is C11H7N5S. The minimum atomic E-state index is 0.610. The number of nitrogens with zero attached hydrogens (tertiary/aromatic N) is 5. The molecule has 0 aliphatic heterocycles. The van der Waals surface area contributed by atoms with Crippen LogP contribution in [0.15, 0.2) is 23.6 Å². The molecule has 17 heavy (non-hydrogen) atoms. The fourth-order valence-electron chi connectivity index (χ4n) is 1.76. The number of hydrogen-bond donors (Lipinski definition) is 0. The van der Waals surface area contributed by atoms with Crippen LogP contribution in [0.5, 0.6) is 0 Å². The number of benzene rings is 1. The van der Waals surface area contributed by atoms with Crippen LogP contribution >= 0.6 is 11.5 Å². The Morgan fingerprint density at radius 1 is 1.41 bits per heavy atom. The zero-order valence-electron chi connectivity index (χ0n) is 8.95. The lowest BCUT2D eigenvalue weighted by atomic mass is 10.2. The van der Waals surface area contributed by atoms with E-state index in [1.807, 2.05) is 23.1 Å². The van der Waals surface area contributed by atoms with Crippen LogP contribution in [0.4, 0.5) is 0 Å². The Bertz CT molecular complexity index is 720. The van der Waals surface area contributed by atoms with Gasteiger partial charge in [0.25, 0.3) is 0 Å². The topological polar surface area (TPSA) is 67.4 Å². The van der Waals surface area contributed by atoms with Crippen LogP contribution in [0.1, 0.15) is 5.56 Å². The van der Waals surface area contributed by atoms with E-state index in [2.05, 4.69) is 20.6 Å². The van der Waals surface area contributed by atoms with Crippen LogP contribution in [0.2, 0.25) is 0 Å². The van der Waals surface area contributed by atoms with Crippen molar-refractivity contribution in [2.45, 2.75) is 0 Å². The van der Waals surface area contributed by atoms with Gasteiger partial charge >= 0.3 is 0 Å². The summed E-state index contributed by atoms with van der Waals surface area (Å²) in [5, 5.41) is 14.7. The van der Waals surface area contributed by atoms with E-state index in [0.717, 1.165) is 22.6 Å². The Hall–Kier alpha value is -2.26. The minimum Gasteiger partial charge on any atom is -0.326 e. The van der Waals surface area contributed by atoms with Gasteiger partial charge in [0.15, 0.2) is 5.82 Å². The van der Waals surface area contributed by atoms with Crippen LogP contribution in [-0.4, -0.2) is 19.1 Å². The van der Waals surface area contributed by atoms with E-state index >= 15 is 0 Å². The van der Waals surface area contributed by atoms with Gasteiger partial charge in [-0.05, 0) is 29.7 Å². The Balaban J connectivity index is 2.29. The molecular weight excluding hydrogens is 234 g/mol. The molecule has 0 N–H and O–H groups in total. The van der Waals surface area contributed by atoms with Crippen LogP contribution in [0.25, 0.3) is 22.6 Å². The lowest BCUT2D eigenvalue weighted by Crippen LogP contribution is -1.92. The molecule has 0 spiro atoms. The molecule has 0 saturated carbocycles. The van der Waals surface area contributed by atoms with E-state index in [4.69, 9.17) is 5.26 Å². The second-order valence-corrected chi connectivity index (χ2v) is 4.21. The quantitative estimate of drug-likeness (QED) is 0.653. The van der Waals surface area contributed by atoms with Crippen molar-refractivity contribution >= 4 is 22.6 Å². The Morgan fingerprint density at radius 2 is 2.29 bits per heavy atom. The lowest BCUT2D eigenvalue weighted by Gasteiger charge is -1.97. The molecule has 0 atom stereocenters. The van der Waals surface area contributed by atoms with Crippen molar-refractivity contribution in [3.63, 3.8) is 0 Å². The number of hydrogen-bond acceptors (Lipinski definition) is 5. The predicted molar refractivity (Wildman–Crippen MR) is 64.3 cm³/mol. The lowest BCUT2D eigenvalue weighted by molar-refractivity contribution is 0.945. The van der Waals surface area contributed by atoms with Gasteiger partial charge in [0, 0.05) is 12.4 Å². The molecule has 6 heteroatoms. The van der Waals surface area contributed by atoms with Gasteiger partial charge < -0.3 is 4.57 Å². The highest BCUT2D eigenvalue weighted by Gasteiger charge is 2.12. The van der Waals surface area contributed by atoms with Crippen molar-refractivity contribution in [2.24, 2.45) is 7.05 Å². The normalized spacial score (nSPS) is 10.6. The SMILES string of the molecule is Cn1c(-c2csnn2)nc2cc(C#N)ccc21. The van der Waals surface area contributed by atoms with Crippen molar-refractivity contribution < 1.29 is 0 Å². The average Bonchev–Trinajstić information content (AvgIpc) is 2.97. The van der Waals surface area contributed by atoms with Crippen molar-refractivity contribution in [2.75, 3.05) is 0 Å². The van der Waals surface area contributed by atoms with E-state index in [1.54, 1.807) is 12.1 Å². The number of imidazole rings is 1. The first-order valence-corrected chi connectivity index (χ1v) is 5.77. The van der Waals surface area contributed by atoms with Gasteiger partial charge in [0.05, 0.1) is 22.7 Å². The van der Waals surface area contributed by atoms with E-state index in [-0.39, 0.29) is 0 Å². The van der Waals surface area contributed by atoms with Crippen LogP contribution in [-0.2, 0) is 7.05 Å². The molecule has 3 aromatic rings. The summed E-state index contributed by atoms with van der Waals surface area (Å²) in [6, 6.07) is 7.56. The van der Waals surface area contributed by atoms with E-state index in [9.17, 15) is 0 Å². The summed E-state index contributed by atoms with van der Waals surface area (Å²) in [6.07, 6.45) is 0. The zero-order valence-corrected chi connectivity index (χ0v) is 9.77. The van der Waals surface area contributed by atoms with Gasteiger partial charge in [-0.3, -0.25) is 0 Å². The summed E-state index contributed by atoms with van der Waals surface area (Å²) in [5.74, 6) is 0.767. The molecule has 0 aliphatic rings. The predicted octanol–water partition coefficient (Wildman–Crippen LogP) is 1.96. The minimum absolute atomic E-state index is 0.610. The molecule has 0 amide bonds. The first kappa shape index (κ1) is 9.93. The van der Waals surface area contributed by atoms with Crippen molar-refractivity contribution in [3.05, 3.63) is 29.1 Å². The van der Waals surface area contributed by atoms with Crippen LogP contribution in [0, 0.1) is 11.3 Å². The smallest absolute Gasteiger partial charge is 0.162 e. The summed E-state index contributed by atoms with van der Waals surface area (Å²) in [5.41, 5.74) is 3.15. The molecule has 3 rings (SSSR count). The van der Waals surface area contributed by atoms with Gasteiger partial charge in [-0.15, -0.1) is 5.10 Å². The summed E-state index contributed by atoms with van der Waals surface area (Å²) in [7, 11) is 1.93. The molecule has 0 unspecified atom stereocenters. The maximum Gasteiger partial charge on any atom is 0.162 e. The third kappa shape index (κ3) is 1.48. The largest absolute Gasteiger partial charge is 0.326 e. The molecule has 2 heterocycles. The highest BCUT2D eigenvalue weighted by atomic mass is 32.1. The van der Waals surface area contributed by atoms with E-state index in [1.165, 1.54) is 11.5 Å². The molecule has 5 nitrogen and oxygen atoms in total. The molecule has 0 aliphatic carbocycles. The fourth-order valence-corrected chi connectivity index (χ4v) is 2.20. The number of fused-ring (bicyclic) bond motifs is 1. The summed E-state index contributed by atoms with van der Waals surface area (Å²) >= 11 is 1.29. The summed E-state index contributed by atoms with van der Waals surface area (Å²) in [4.78, 5) is 4.48. The first-order chi connectivity index (χ1) is 8.29. The summed E-state index contributed by atoms with van der Waals surface area (Å²) < 4.78 is 5.78. The van der Waals surface area contributed by atoms with Gasteiger partial charge in [-0.1, -0.05) is 4.49 Å². The number of rotatable bonds is 1. The average molecular weight is 241 g/mol. The second-order valence-electron chi connectivity index (χ2n) is 3.60. The molecule has 0 fully saturated rings. The second kappa shape index (κ2) is 3.64. The highest BCUT2D eigenvalue weighted by Crippen LogP contribution is 2.23. The number of aryl methyl sites for hydroxylation is 1. The van der Waals surface area contributed by atoms with E-state index in [0.29, 0.717) is 5.56 Å². The Kier molecular flexibility index (Phi) is 2.13. The Morgan fingerprint density at radius 3 is 3.00 bits per heavy atom. The maximum absolute atomic E-state index is 8.85. The van der Waals surface area contributed by atoms with Gasteiger partial charge in [0.1, 0.15) is 5.69 Å². The monoisotopic (exact) mass is 241 g/mol. The van der Waals surface area contributed by atoms with Gasteiger partial charge in [-0.2, -0.15) is 5.26 Å². The van der Waals surface area contributed by atoms with Gasteiger partial charge in [-0.25, -0.2) is 4.98 Å². The highest BCUT2D eigenvalue weighted by molar-refractivity contribution is 7.03. The summed E-state index contributed by atoms with van der Waals surface area (Å²) in [6.45, 7) is 0. The molecule has 0 bridgehead atoms. The van der Waals surface area contributed by atoms with Crippen LogP contribution < -0.4 is 0 Å². The number of nitriles is 1. The molecule has 0 radical (unpaired) electrons. The van der Waals surface area contributed by atoms with Crippen molar-refractivity contribution in [1.82, 2.24) is 19.1 Å². The third-order valence-electron chi connectivity index (χ3n) is 2.60. The van der Waals surface area contributed by atoms with E-state index < -0.39 is 0 Å². The molecule has 0 saturated heterocycles. The number of aromatic nitrogens is 4. The van der Waals surface area contributed by atoms with Crippen molar-refractivity contribution in [3.8, 4) is 17.6 Å². The first-order valence-electron chi connectivity index (χ1n) is 4.93. The maximum atomic E-state index is 8.85. The molecule has 2 aromatic heterocycles. The third-order valence-corrected chi connectivity index (χ3v) is 3.10. The van der Waals surface area contributed by atoms with Crippen molar-refractivity contribution in [1.29, 1.82) is 5.26 Å². The molecule has 1 aromatic carbocycles. The Labute approximate surface area is 101 Å². The molecule has 82 valence electrons.